The molecule has 0 bridgehead atoms. The number of morpholine rings is 2. The van der Waals surface area contributed by atoms with Gasteiger partial charge in [-0.2, -0.15) is 0 Å². The summed E-state index contributed by atoms with van der Waals surface area (Å²) in [6, 6.07) is 7.14. The third-order valence-corrected chi connectivity index (χ3v) is 6.74. The molecule has 0 radical (unpaired) electrons. The molecule has 0 N–H and O–H groups in total. The molecule has 140 valence electrons. The Hall–Kier alpha value is -0.990. The van der Waals surface area contributed by atoms with Crippen LogP contribution in [0.5, 0.6) is 0 Å². The van der Waals surface area contributed by atoms with Gasteiger partial charge in [0.05, 0.1) is 37.1 Å². The summed E-state index contributed by atoms with van der Waals surface area (Å²) in [5.41, 5.74) is 1.07. The van der Waals surface area contributed by atoms with Crippen molar-refractivity contribution in [2.75, 3.05) is 64.9 Å². The predicted molar refractivity (Wildman–Crippen MR) is 96.7 cm³/mol. The van der Waals surface area contributed by atoms with Gasteiger partial charge in [-0.3, -0.25) is 9.80 Å². The minimum Gasteiger partial charge on any atom is -0.379 e. The van der Waals surface area contributed by atoms with E-state index in [1.54, 1.807) is 12.1 Å². The number of sulfone groups is 1. The molecule has 2 heterocycles. The normalized spacial score (nSPS) is 22.0. The Bertz CT molecular complexity index is 636. The second kappa shape index (κ2) is 8.60. The van der Waals surface area contributed by atoms with Crippen LogP contribution in [0.3, 0.4) is 0 Å². The summed E-state index contributed by atoms with van der Waals surface area (Å²) >= 11 is 0. The zero-order chi connectivity index (χ0) is 17.7. The first kappa shape index (κ1) is 18.8. The molecule has 2 saturated heterocycles. The van der Waals surface area contributed by atoms with Gasteiger partial charge < -0.3 is 9.47 Å². The Kier molecular flexibility index (Phi) is 6.46. The number of ether oxygens (including phenoxy) is 2. The molecule has 0 saturated carbocycles. The molecule has 1 aromatic carbocycles. The molecule has 0 aromatic heterocycles. The molecular formula is C18H28N2O4S. The summed E-state index contributed by atoms with van der Waals surface area (Å²) in [5.74, 6) is 0.146. The molecule has 0 aliphatic carbocycles. The molecule has 2 aliphatic heterocycles. The molecule has 7 heteroatoms. The lowest BCUT2D eigenvalue weighted by Crippen LogP contribution is -2.53. The van der Waals surface area contributed by atoms with Gasteiger partial charge in [-0.1, -0.05) is 17.7 Å². The summed E-state index contributed by atoms with van der Waals surface area (Å²) in [6.07, 6.45) is 0. The van der Waals surface area contributed by atoms with E-state index < -0.39 is 9.84 Å². The molecule has 2 aliphatic rings. The van der Waals surface area contributed by atoms with Crippen molar-refractivity contribution in [3.63, 3.8) is 0 Å². The van der Waals surface area contributed by atoms with Crippen LogP contribution in [0.1, 0.15) is 5.56 Å². The average molecular weight is 368 g/mol. The molecule has 1 atom stereocenters. The lowest BCUT2D eigenvalue weighted by molar-refractivity contribution is -0.00459. The molecule has 6 nitrogen and oxygen atoms in total. The van der Waals surface area contributed by atoms with Crippen molar-refractivity contribution in [2.24, 2.45) is 0 Å². The fourth-order valence-corrected chi connectivity index (χ4v) is 4.96. The molecule has 1 aromatic rings. The average Bonchev–Trinajstić information content (AvgIpc) is 2.63. The van der Waals surface area contributed by atoms with Crippen molar-refractivity contribution in [1.29, 1.82) is 0 Å². The fraction of sp³-hybridized carbons (Fsp3) is 0.667. The number of benzene rings is 1. The Morgan fingerprint density at radius 1 is 0.960 bits per heavy atom. The van der Waals surface area contributed by atoms with E-state index in [2.05, 4.69) is 9.80 Å². The van der Waals surface area contributed by atoms with Gasteiger partial charge in [0.1, 0.15) is 0 Å². The standard InChI is InChI=1S/C18H28N2O4S/c1-16-2-4-18(5-3-16)25(21,22)15-17(20-8-12-24-13-9-20)14-19-6-10-23-11-7-19/h2-5,17H,6-15H2,1H3/t17-/m0/s1. The minimum atomic E-state index is -3.32. The first-order valence-electron chi connectivity index (χ1n) is 8.96. The highest BCUT2D eigenvalue weighted by molar-refractivity contribution is 7.91. The quantitative estimate of drug-likeness (QED) is 0.740. The van der Waals surface area contributed by atoms with Crippen molar-refractivity contribution in [3.8, 4) is 0 Å². The van der Waals surface area contributed by atoms with Crippen LogP contribution in [0.4, 0.5) is 0 Å². The SMILES string of the molecule is Cc1ccc(S(=O)(=O)C[C@H](CN2CCOCC2)N2CCOCC2)cc1. The molecule has 0 unspecified atom stereocenters. The first-order chi connectivity index (χ1) is 12.0. The minimum absolute atomic E-state index is 0.0201. The smallest absolute Gasteiger partial charge is 0.179 e. The van der Waals surface area contributed by atoms with Gasteiger partial charge in [0, 0.05) is 38.8 Å². The lowest BCUT2D eigenvalue weighted by Gasteiger charge is -2.38. The van der Waals surface area contributed by atoms with Crippen LogP contribution in [-0.2, 0) is 19.3 Å². The first-order valence-corrected chi connectivity index (χ1v) is 10.6. The highest BCUT2D eigenvalue weighted by atomic mass is 32.2. The van der Waals surface area contributed by atoms with E-state index in [0.29, 0.717) is 18.1 Å². The van der Waals surface area contributed by atoms with Gasteiger partial charge in [-0.25, -0.2) is 8.42 Å². The number of hydrogen-bond acceptors (Lipinski definition) is 6. The molecule has 0 amide bonds. The van der Waals surface area contributed by atoms with Gasteiger partial charge in [-0.05, 0) is 19.1 Å². The highest BCUT2D eigenvalue weighted by Crippen LogP contribution is 2.17. The second-order valence-electron chi connectivity index (χ2n) is 6.81. The second-order valence-corrected chi connectivity index (χ2v) is 8.84. The monoisotopic (exact) mass is 368 g/mol. The van der Waals surface area contributed by atoms with Gasteiger partial charge in [0.25, 0.3) is 0 Å². The van der Waals surface area contributed by atoms with Crippen LogP contribution in [0.15, 0.2) is 29.2 Å². The van der Waals surface area contributed by atoms with Crippen molar-refractivity contribution < 1.29 is 17.9 Å². The Morgan fingerprint density at radius 3 is 2.12 bits per heavy atom. The number of aryl methyl sites for hydroxylation is 1. The summed E-state index contributed by atoms with van der Waals surface area (Å²) < 4.78 is 36.7. The zero-order valence-corrected chi connectivity index (χ0v) is 15.7. The van der Waals surface area contributed by atoms with Gasteiger partial charge in [0.15, 0.2) is 9.84 Å². The molecular weight excluding hydrogens is 340 g/mol. The number of nitrogens with zero attached hydrogens (tertiary/aromatic N) is 2. The largest absolute Gasteiger partial charge is 0.379 e. The number of rotatable bonds is 6. The van der Waals surface area contributed by atoms with Crippen molar-refractivity contribution >= 4 is 9.84 Å². The van der Waals surface area contributed by atoms with Crippen LogP contribution in [0.2, 0.25) is 0 Å². The Balaban J connectivity index is 1.74. The van der Waals surface area contributed by atoms with E-state index in [1.165, 1.54) is 0 Å². The van der Waals surface area contributed by atoms with Crippen molar-refractivity contribution in [1.82, 2.24) is 9.80 Å². The van der Waals surface area contributed by atoms with Crippen LogP contribution in [-0.4, -0.2) is 89.2 Å². The number of hydrogen-bond donors (Lipinski definition) is 0. The molecule has 25 heavy (non-hydrogen) atoms. The van der Waals surface area contributed by atoms with Crippen LogP contribution < -0.4 is 0 Å². The van der Waals surface area contributed by atoms with Crippen LogP contribution >= 0.6 is 0 Å². The van der Waals surface area contributed by atoms with Crippen LogP contribution in [0, 0.1) is 6.92 Å². The van der Waals surface area contributed by atoms with Crippen LogP contribution in [0.25, 0.3) is 0 Å². The third kappa shape index (κ3) is 5.24. The maximum Gasteiger partial charge on any atom is 0.179 e. The Labute approximate surface area is 150 Å². The fourth-order valence-electron chi connectivity index (χ4n) is 3.39. The Morgan fingerprint density at radius 2 is 1.52 bits per heavy atom. The van der Waals surface area contributed by atoms with E-state index in [-0.39, 0.29) is 11.8 Å². The highest BCUT2D eigenvalue weighted by Gasteiger charge is 2.29. The molecule has 3 rings (SSSR count). The van der Waals surface area contributed by atoms with E-state index >= 15 is 0 Å². The van der Waals surface area contributed by atoms with Gasteiger partial charge in [-0.15, -0.1) is 0 Å². The third-order valence-electron chi connectivity index (χ3n) is 4.93. The summed E-state index contributed by atoms with van der Waals surface area (Å²) in [5, 5.41) is 0. The molecule has 2 fully saturated rings. The topological polar surface area (TPSA) is 59.1 Å². The van der Waals surface area contributed by atoms with Crippen molar-refractivity contribution in [3.05, 3.63) is 29.8 Å². The van der Waals surface area contributed by atoms with E-state index in [4.69, 9.17) is 9.47 Å². The van der Waals surface area contributed by atoms with E-state index in [0.717, 1.165) is 51.5 Å². The van der Waals surface area contributed by atoms with Crippen molar-refractivity contribution in [2.45, 2.75) is 17.9 Å². The van der Waals surface area contributed by atoms with Gasteiger partial charge in [0.2, 0.25) is 0 Å². The predicted octanol–water partition coefficient (Wildman–Crippen LogP) is 0.802. The summed E-state index contributed by atoms with van der Waals surface area (Å²) in [6.45, 7) is 8.82. The summed E-state index contributed by atoms with van der Waals surface area (Å²) in [7, 11) is -3.32. The maximum absolute atomic E-state index is 12.9. The zero-order valence-electron chi connectivity index (χ0n) is 14.9. The maximum atomic E-state index is 12.9. The van der Waals surface area contributed by atoms with Gasteiger partial charge >= 0.3 is 0 Å². The van der Waals surface area contributed by atoms with E-state index in [1.807, 2.05) is 19.1 Å². The van der Waals surface area contributed by atoms with E-state index in [9.17, 15) is 8.42 Å². The lowest BCUT2D eigenvalue weighted by atomic mass is 10.2. The molecule has 0 spiro atoms. The summed E-state index contributed by atoms with van der Waals surface area (Å²) in [4.78, 5) is 5.00.